The Bertz CT molecular complexity index is 1240. The molecule has 4 atom stereocenters. The third kappa shape index (κ3) is 11.4. The Kier molecular flexibility index (Phi) is 14.9. The molecule has 1 aliphatic rings. The number of nitrogens with one attached hydrogen (secondary N) is 2. The zero-order chi connectivity index (χ0) is 33.0. The summed E-state index contributed by atoms with van der Waals surface area (Å²) in [7, 11) is 0. The van der Waals surface area contributed by atoms with E-state index in [1.807, 2.05) is 64.4 Å². The van der Waals surface area contributed by atoms with E-state index in [2.05, 4.69) is 31.5 Å². The molecular weight excluding hydrogens is 664 g/mol. The zero-order valence-electron chi connectivity index (χ0n) is 26.8. The van der Waals surface area contributed by atoms with Crippen molar-refractivity contribution < 1.29 is 33.7 Å². The summed E-state index contributed by atoms with van der Waals surface area (Å²) in [6, 6.07) is 5.88. The lowest BCUT2D eigenvalue weighted by molar-refractivity contribution is -0.144. The number of aliphatic hydroxyl groups excluding tert-OH is 1. The molecule has 0 radical (unpaired) electrons. The number of β-amino-alcohol motifs (C(OH)–C–C–N with tert-alkyl or cyclic N) is 1. The first kappa shape index (κ1) is 37.0. The van der Waals surface area contributed by atoms with Gasteiger partial charge in [-0.05, 0) is 30.4 Å². The summed E-state index contributed by atoms with van der Waals surface area (Å²) in [4.78, 5) is 46.9. The molecule has 0 aliphatic carbocycles. The maximum absolute atomic E-state index is 13.8. The van der Waals surface area contributed by atoms with Crippen LogP contribution in [-0.4, -0.2) is 102 Å². The van der Waals surface area contributed by atoms with E-state index >= 15 is 0 Å². The van der Waals surface area contributed by atoms with Crippen LogP contribution < -0.4 is 10.6 Å². The van der Waals surface area contributed by atoms with Crippen LogP contribution in [0.15, 0.2) is 29.8 Å². The van der Waals surface area contributed by atoms with Crippen molar-refractivity contribution in [3.63, 3.8) is 0 Å². The molecule has 2 heterocycles. The number of nitrogens with zero attached hydrogens (tertiary/aromatic N) is 2. The number of aliphatic hydroxyl groups is 1. The molecule has 13 heteroatoms. The zero-order valence-corrected chi connectivity index (χ0v) is 29.2. The summed E-state index contributed by atoms with van der Waals surface area (Å²) in [6.45, 7) is 11.9. The van der Waals surface area contributed by atoms with Crippen molar-refractivity contribution in [2.75, 3.05) is 51.5 Å². The number of likely N-dealkylation sites (tertiary alicyclic amines) is 1. The first-order valence-corrected chi connectivity index (χ1v) is 17.3. The molecule has 1 aliphatic heterocycles. The fourth-order valence-electron chi connectivity index (χ4n) is 5.01. The van der Waals surface area contributed by atoms with Gasteiger partial charge in [0.25, 0.3) is 0 Å². The van der Waals surface area contributed by atoms with Crippen molar-refractivity contribution in [1.82, 2.24) is 20.5 Å². The summed E-state index contributed by atoms with van der Waals surface area (Å²) in [6.07, 6.45) is -0.651. The van der Waals surface area contributed by atoms with Crippen molar-refractivity contribution in [3.05, 3.63) is 41.0 Å². The smallest absolute Gasteiger partial charge is 0.246 e. The topological polar surface area (TPSA) is 139 Å². The maximum atomic E-state index is 13.8. The molecule has 45 heavy (non-hydrogen) atoms. The van der Waals surface area contributed by atoms with E-state index in [4.69, 9.17) is 14.2 Å². The van der Waals surface area contributed by atoms with Crippen LogP contribution in [0.3, 0.4) is 0 Å². The lowest BCUT2D eigenvalue weighted by atomic mass is 9.85. The van der Waals surface area contributed by atoms with E-state index in [0.29, 0.717) is 33.0 Å². The highest BCUT2D eigenvalue weighted by atomic mass is 79.9. The lowest BCUT2D eigenvalue weighted by Gasteiger charge is -2.35. The molecule has 0 unspecified atom stereocenters. The van der Waals surface area contributed by atoms with Crippen molar-refractivity contribution in [2.24, 2.45) is 5.41 Å². The number of aromatic nitrogens is 1. The Labute approximate surface area is 278 Å². The third-order valence-electron chi connectivity index (χ3n) is 7.50. The van der Waals surface area contributed by atoms with E-state index in [-0.39, 0.29) is 43.8 Å². The fraction of sp³-hybridized carbons (Fsp3) is 0.625. The summed E-state index contributed by atoms with van der Waals surface area (Å²) in [5, 5.41) is 17.1. The Morgan fingerprint density at radius 2 is 1.67 bits per heavy atom. The van der Waals surface area contributed by atoms with Gasteiger partial charge in [-0.15, -0.1) is 11.3 Å². The van der Waals surface area contributed by atoms with Gasteiger partial charge in [0.15, 0.2) is 0 Å². The molecule has 250 valence electrons. The summed E-state index contributed by atoms with van der Waals surface area (Å²) >= 11 is 4.87. The second-order valence-corrected chi connectivity index (χ2v) is 13.8. The summed E-state index contributed by atoms with van der Waals surface area (Å²) in [5.41, 5.74) is 4.13. The van der Waals surface area contributed by atoms with Crippen molar-refractivity contribution >= 4 is 45.0 Å². The van der Waals surface area contributed by atoms with Crippen LogP contribution in [0.5, 0.6) is 0 Å². The van der Waals surface area contributed by atoms with Gasteiger partial charge in [-0.1, -0.05) is 61.0 Å². The molecule has 1 saturated heterocycles. The maximum Gasteiger partial charge on any atom is 0.246 e. The molecule has 11 nitrogen and oxygen atoms in total. The molecule has 1 aromatic heterocycles. The normalized spacial score (nSPS) is 18.1. The molecule has 1 fully saturated rings. The SMILES string of the molecule is Cc1ncsc1-c1ccc([C@H](C)NC(=O)[C@@H]2C[C@@H](O)CN2C(=O)[C@@H](NC(=O)CCOCCOCCOCCBr)C(C)(C)C)cc1. The number of ether oxygens (including phenoxy) is 3. The van der Waals surface area contributed by atoms with Crippen molar-refractivity contribution in [3.8, 4) is 10.4 Å². The number of hydrogen-bond donors (Lipinski definition) is 3. The monoisotopic (exact) mass is 710 g/mol. The summed E-state index contributed by atoms with van der Waals surface area (Å²) < 4.78 is 16.2. The molecule has 0 saturated carbocycles. The minimum Gasteiger partial charge on any atom is -0.391 e. The van der Waals surface area contributed by atoms with Crippen LogP contribution >= 0.6 is 27.3 Å². The Balaban J connectivity index is 1.53. The number of benzene rings is 1. The van der Waals surface area contributed by atoms with Gasteiger partial charge < -0.3 is 34.9 Å². The van der Waals surface area contributed by atoms with Gasteiger partial charge in [0, 0.05) is 24.7 Å². The van der Waals surface area contributed by atoms with E-state index in [9.17, 15) is 19.5 Å². The van der Waals surface area contributed by atoms with Crippen LogP contribution in [0, 0.1) is 12.3 Å². The number of alkyl halides is 1. The number of thiazole rings is 1. The first-order chi connectivity index (χ1) is 21.4. The molecule has 3 N–H and O–H groups in total. The van der Waals surface area contributed by atoms with Crippen molar-refractivity contribution in [1.29, 1.82) is 0 Å². The number of halogens is 1. The van der Waals surface area contributed by atoms with Crippen LogP contribution in [-0.2, 0) is 28.6 Å². The largest absolute Gasteiger partial charge is 0.391 e. The second kappa shape index (κ2) is 18.1. The van der Waals surface area contributed by atoms with Gasteiger partial charge in [0.05, 0.1) is 67.9 Å². The number of rotatable bonds is 17. The number of aryl methyl sites for hydroxylation is 1. The highest BCUT2D eigenvalue weighted by molar-refractivity contribution is 9.09. The van der Waals surface area contributed by atoms with Crippen LogP contribution in [0.25, 0.3) is 10.4 Å². The van der Waals surface area contributed by atoms with Gasteiger partial charge in [-0.3, -0.25) is 14.4 Å². The van der Waals surface area contributed by atoms with Gasteiger partial charge in [-0.2, -0.15) is 0 Å². The third-order valence-corrected chi connectivity index (χ3v) is 8.80. The molecule has 2 aromatic rings. The molecule has 3 rings (SSSR count). The van der Waals surface area contributed by atoms with Crippen LogP contribution in [0.2, 0.25) is 0 Å². The standard InChI is InChI=1S/C32H47BrN4O7S/c1-21(23-6-8-24(9-7-23)28-22(2)34-20-45-28)35-30(40)26-18-25(38)19-37(26)31(41)29(32(3,4)5)36-27(39)10-12-42-14-16-44-17-15-43-13-11-33/h6-9,20-21,25-26,29,38H,10-19H2,1-5H3,(H,35,40)(H,36,39)/t21-,25+,26-,29+/m0/s1. The predicted molar refractivity (Wildman–Crippen MR) is 177 cm³/mol. The number of carbonyl (C=O) groups is 3. The molecule has 1 aromatic carbocycles. The Morgan fingerprint density at radius 3 is 2.24 bits per heavy atom. The minimum absolute atomic E-state index is 0.0148. The van der Waals surface area contributed by atoms with Gasteiger partial charge in [-0.25, -0.2) is 4.98 Å². The second-order valence-electron chi connectivity index (χ2n) is 12.2. The molecule has 0 bridgehead atoms. The van der Waals surface area contributed by atoms with Crippen LogP contribution in [0.4, 0.5) is 0 Å². The number of amides is 3. The molecule has 3 amide bonds. The Morgan fingerprint density at radius 1 is 1.04 bits per heavy atom. The minimum atomic E-state index is -0.895. The number of hydrogen-bond acceptors (Lipinski definition) is 9. The van der Waals surface area contributed by atoms with E-state index in [1.54, 1.807) is 11.3 Å². The van der Waals surface area contributed by atoms with Crippen LogP contribution in [0.1, 0.15) is 57.8 Å². The predicted octanol–water partition coefficient (Wildman–Crippen LogP) is 3.62. The van der Waals surface area contributed by atoms with E-state index < -0.39 is 29.5 Å². The van der Waals surface area contributed by atoms with Gasteiger partial charge in [0.1, 0.15) is 12.1 Å². The lowest BCUT2D eigenvalue weighted by Crippen LogP contribution is -2.58. The van der Waals surface area contributed by atoms with E-state index in [0.717, 1.165) is 27.0 Å². The summed E-state index contributed by atoms with van der Waals surface area (Å²) in [5.74, 6) is -1.08. The average Bonchev–Trinajstić information content (AvgIpc) is 3.61. The fourth-order valence-corrected chi connectivity index (χ4v) is 6.05. The average molecular weight is 712 g/mol. The number of carbonyl (C=O) groups excluding carboxylic acids is 3. The highest BCUT2D eigenvalue weighted by Crippen LogP contribution is 2.29. The highest BCUT2D eigenvalue weighted by Gasteiger charge is 2.44. The quantitative estimate of drug-likeness (QED) is 0.167. The Hall–Kier alpha value is -2.42. The van der Waals surface area contributed by atoms with E-state index in [1.165, 1.54) is 4.90 Å². The molecular formula is C32H47BrN4O7S. The van der Waals surface area contributed by atoms with Crippen molar-refractivity contribution in [2.45, 2.75) is 71.7 Å². The first-order valence-electron chi connectivity index (χ1n) is 15.3. The molecule has 0 spiro atoms. The van der Waals surface area contributed by atoms with Gasteiger partial charge in [0.2, 0.25) is 17.7 Å². The van der Waals surface area contributed by atoms with Gasteiger partial charge >= 0.3 is 0 Å².